The number of nitrogens with zero attached hydrogens (tertiary/aromatic N) is 2. The van der Waals surface area contributed by atoms with E-state index in [-0.39, 0.29) is 0 Å². The van der Waals surface area contributed by atoms with E-state index in [0.717, 1.165) is 16.8 Å². The molecule has 118 valence electrons. The second-order valence-electron chi connectivity index (χ2n) is 6.70. The summed E-state index contributed by atoms with van der Waals surface area (Å²) >= 11 is 0. The summed E-state index contributed by atoms with van der Waals surface area (Å²) in [6.45, 7) is 0. The summed E-state index contributed by atoms with van der Waals surface area (Å²) in [5.74, 6) is 0.545. The predicted octanol–water partition coefficient (Wildman–Crippen LogP) is 5.44. The number of aromatic amines is 1. The molecule has 0 aliphatic heterocycles. The van der Waals surface area contributed by atoms with Crippen LogP contribution in [0.3, 0.4) is 0 Å². The van der Waals surface area contributed by atoms with Crippen LogP contribution in [0, 0.1) is 0 Å². The number of rotatable bonds is 2. The topological polar surface area (TPSA) is 41.6 Å². The first-order chi connectivity index (χ1) is 11.9. The largest absolute Gasteiger partial charge is 0.353 e. The normalized spacial score (nSPS) is 15.5. The third kappa shape index (κ3) is 2.04. The molecule has 1 aliphatic carbocycles. The smallest absolute Gasteiger partial charge is 0.117 e. The number of nitrogens with one attached hydrogen (secondary N) is 1. The Labute approximate surface area is 140 Å². The van der Waals surface area contributed by atoms with Gasteiger partial charge in [0, 0.05) is 27.8 Å². The molecule has 3 nitrogen and oxygen atoms in total. The second kappa shape index (κ2) is 5.45. The zero-order valence-electron chi connectivity index (χ0n) is 13.5. The van der Waals surface area contributed by atoms with E-state index < -0.39 is 0 Å². The van der Waals surface area contributed by atoms with Gasteiger partial charge in [-0.15, -0.1) is 5.10 Å². The molecule has 2 aromatic carbocycles. The van der Waals surface area contributed by atoms with Crippen LogP contribution in [0.25, 0.3) is 33.1 Å². The fourth-order valence-corrected chi connectivity index (χ4v) is 4.07. The Bertz CT molecular complexity index is 1010. The Morgan fingerprint density at radius 2 is 1.58 bits per heavy atom. The zero-order valence-corrected chi connectivity index (χ0v) is 13.5. The molecule has 4 aromatic rings. The number of hydrogen-bond acceptors (Lipinski definition) is 2. The molecular formula is C21H19N3. The molecule has 1 aliphatic rings. The summed E-state index contributed by atoms with van der Waals surface area (Å²) in [6.07, 6.45) is 5.06. The zero-order chi connectivity index (χ0) is 15.9. The van der Waals surface area contributed by atoms with Gasteiger partial charge in [-0.1, -0.05) is 61.4 Å². The molecule has 0 amide bonds. The Morgan fingerprint density at radius 1 is 0.833 bits per heavy atom. The molecule has 1 fully saturated rings. The summed E-state index contributed by atoms with van der Waals surface area (Å²) in [4.78, 5) is 3.61. The van der Waals surface area contributed by atoms with Gasteiger partial charge < -0.3 is 4.98 Å². The van der Waals surface area contributed by atoms with Crippen molar-refractivity contribution in [2.45, 2.75) is 31.6 Å². The number of benzene rings is 2. The summed E-state index contributed by atoms with van der Waals surface area (Å²) in [5.41, 5.74) is 5.53. The third-order valence-corrected chi connectivity index (χ3v) is 5.25. The lowest BCUT2D eigenvalue weighted by Crippen LogP contribution is -2.01. The van der Waals surface area contributed by atoms with E-state index >= 15 is 0 Å². The molecule has 24 heavy (non-hydrogen) atoms. The van der Waals surface area contributed by atoms with Crippen LogP contribution in [0.15, 0.2) is 54.6 Å². The van der Waals surface area contributed by atoms with Crippen LogP contribution in [-0.4, -0.2) is 15.2 Å². The minimum absolute atomic E-state index is 0.545. The van der Waals surface area contributed by atoms with Crippen molar-refractivity contribution in [1.82, 2.24) is 15.2 Å². The molecule has 0 spiro atoms. The summed E-state index contributed by atoms with van der Waals surface area (Å²) in [6, 6.07) is 18.9. The molecule has 0 radical (unpaired) electrons. The molecule has 0 saturated heterocycles. The first kappa shape index (κ1) is 13.7. The molecule has 1 N–H and O–H groups in total. The van der Waals surface area contributed by atoms with Crippen molar-refractivity contribution >= 4 is 21.8 Å². The fraction of sp³-hybridized carbons (Fsp3) is 0.238. The lowest BCUT2D eigenvalue weighted by atomic mass is 9.97. The van der Waals surface area contributed by atoms with Crippen molar-refractivity contribution in [2.24, 2.45) is 0 Å². The van der Waals surface area contributed by atoms with Gasteiger partial charge in [0.05, 0.1) is 11.2 Å². The van der Waals surface area contributed by atoms with Crippen LogP contribution >= 0.6 is 0 Å². The summed E-state index contributed by atoms with van der Waals surface area (Å²) in [7, 11) is 0. The Balaban J connectivity index is 1.86. The van der Waals surface area contributed by atoms with Gasteiger partial charge in [0.15, 0.2) is 0 Å². The van der Waals surface area contributed by atoms with Crippen LogP contribution in [-0.2, 0) is 0 Å². The molecule has 3 heteroatoms. The van der Waals surface area contributed by atoms with Gasteiger partial charge in [-0.25, -0.2) is 0 Å². The minimum atomic E-state index is 0.545. The van der Waals surface area contributed by atoms with E-state index in [1.165, 1.54) is 47.7 Å². The Hall–Kier alpha value is -2.68. The molecule has 0 atom stereocenters. The lowest BCUT2D eigenvalue weighted by molar-refractivity contribution is 0.690. The van der Waals surface area contributed by atoms with Gasteiger partial charge in [-0.3, -0.25) is 0 Å². The minimum Gasteiger partial charge on any atom is -0.353 e. The van der Waals surface area contributed by atoms with E-state index in [1.54, 1.807) is 0 Å². The van der Waals surface area contributed by atoms with Gasteiger partial charge in [0.2, 0.25) is 0 Å². The maximum absolute atomic E-state index is 4.72. The number of para-hydroxylation sites is 1. The van der Waals surface area contributed by atoms with E-state index in [9.17, 15) is 0 Å². The summed E-state index contributed by atoms with van der Waals surface area (Å²) in [5, 5.41) is 11.9. The average molecular weight is 313 g/mol. The fourth-order valence-electron chi connectivity index (χ4n) is 4.07. The molecular weight excluding hydrogens is 294 g/mol. The van der Waals surface area contributed by atoms with Crippen LogP contribution in [0.1, 0.15) is 37.3 Å². The van der Waals surface area contributed by atoms with Crippen molar-refractivity contribution < 1.29 is 0 Å². The molecule has 0 unspecified atom stereocenters. The van der Waals surface area contributed by atoms with Crippen molar-refractivity contribution in [1.29, 1.82) is 0 Å². The second-order valence-corrected chi connectivity index (χ2v) is 6.70. The molecule has 2 heterocycles. The van der Waals surface area contributed by atoms with Gasteiger partial charge in [-0.05, 0) is 18.9 Å². The average Bonchev–Trinajstić information content (AvgIpc) is 3.30. The van der Waals surface area contributed by atoms with Crippen LogP contribution < -0.4 is 0 Å². The van der Waals surface area contributed by atoms with Gasteiger partial charge in [-0.2, -0.15) is 5.10 Å². The Kier molecular flexibility index (Phi) is 3.12. The summed E-state index contributed by atoms with van der Waals surface area (Å²) < 4.78 is 0. The molecule has 1 saturated carbocycles. The number of aromatic nitrogens is 3. The lowest BCUT2D eigenvalue weighted by Gasteiger charge is -2.11. The maximum atomic E-state index is 4.72. The molecule has 0 bridgehead atoms. The standard InChI is InChI=1S/C21H19N3/c1-2-8-15(9-3-1)20-21-18(16-12-6-7-13-17(16)22-21)19(23-24-20)14-10-4-5-11-14/h1-3,6-9,12-14,22H,4-5,10-11H2. The van der Waals surface area contributed by atoms with Crippen molar-refractivity contribution in [3.8, 4) is 11.3 Å². The van der Waals surface area contributed by atoms with Crippen molar-refractivity contribution in [2.75, 3.05) is 0 Å². The first-order valence-corrected chi connectivity index (χ1v) is 8.74. The molecule has 5 rings (SSSR count). The highest BCUT2D eigenvalue weighted by atomic mass is 15.1. The van der Waals surface area contributed by atoms with Gasteiger partial charge in [0.1, 0.15) is 5.69 Å². The SMILES string of the molecule is c1ccc(-c2nnc(C3CCCC3)c3c2[nH]c2ccccc23)cc1. The van der Waals surface area contributed by atoms with Crippen molar-refractivity contribution in [3.05, 3.63) is 60.3 Å². The third-order valence-electron chi connectivity index (χ3n) is 5.25. The highest BCUT2D eigenvalue weighted by Crippen LogP contribution is 2.40. The quantitative estimate of drug-likeness (QED) is 0.535. The van der Waals surface area contributed by atoms with E-state index in [0.29, 0.717) is 5.92 Å². The molecule has 2 aromatic heterocycles. The first-order valence-electron chi connectivity index (χ1n) is 8.74. The predicted molar refractivity (Wildman–Crippen MR) is 98.0 cm³/mol. The van der Waals surface area contributed by atoms with E-state index in [4.69, 9.17) is 5.10 Å². The van der Waals surface area contributed by atoms with Gasteiger partial charge in [0.25, 0.3) is 0 Å². The van der Waals surface area contributed by atoms with Crippen LogP contribution in [0.5, 0.6) is 0 Å². The monoisotopic (exact) mass is 313 g/mol. The van der Waals surface area contributed by atoms with Crippen molar-refractivity contribution in [3.63, 3.8) is 0 Å². The number of H-pyrrole nitrogens is 1. The van der Waals surface area contributed by atoms with Crippen LogP contribution in [0.2, 0.25) is 0 Å². The Morgan fingerprint density at radius 3 is 2.42 bits per heavy atom. The number of hydrogen-bond donors (Lipinski definition) is 1. The van der Waals surface area contributed by atoms with E-state index in [2.05, 4.69) is 58.6 Å². The van der Waals surface area contributed by atoms with Gasteiger partial charge >= 0.3 is 0 Å². The highest BCUT2D eigenvalue weighted by molar-refractivity contribution is 6.12. The highest BCUT2D eigenvalue weighted by Gasteiger charge is 2.24. The van der Waals surface area contributed by atoms with E-state index in [1.807, 2.05) is 6.07 Å². The number of fused-ring (bicyclic) bond motifs is 3. The van der Waals surface area contributed by atoms with Crippen LogP contribution in [0.4, 0.5) is 0 Å². The maximum Gasteiger partial charge on any atom is 0.117 e.